The Balaban J connectivity index is 2.30. The molecule has 0 saturated carbocycles. The van der Waals surface area contributed by atoms with Gasteiger partial charge in [0.05, 0.1) is 11.0 Å². The van der Waals surface area contributed by atoms with E-state index in [-0.39, 0.29) is 11.2 Å². The predicted molar refractivity (Wildman–Crippen MR) is 78.7 cm³/mol. The number of aromatic amines is 1. The Bertz CT molecular complexity index is 703. The molecule has 0 radical (unpaired) electrons. The Labute approximate surface area is 124 Å². The molecule has 0 bridgehead atoms. The molecule has 0 aliphatic carbocycles. The number of nitrogens with zero attached hydrogens (tertiary/aromatic N) is 3. The summed E-state index contributed by atoms with van der Waals surface area (Å²) in [5.41, 5.74) is -0.355. The molecule has 9 heteroatoms. The van der Waals surface area contributed by atoms with E-state index >= 15 is 0 Å². The van der Waals surface area contributed by atoms with E-state index in [9.17, 15) is 14.9 Å². The van der Waals surface area contributed by atoms with Crippen LogP contribution in [0.4, 0.5) is 11.5 Å². The second-order valence-corrected chi connectivity index (χ2v) is 5.08. The molecular weight excluding hydrogens is 294 g/mol. The molecule has 0 atom stereocenters. The molecule has 0 aliphatic heterocycles. The SMILES string of the molecule is CCCNc1cc([N+](=O)[O-])cc(Sc2nccc(=O)[nH]2)n1. The van der Waals surface area contributed by atoms with Gasteiger partial charge < -0.3 is 10.3 Å². The van der Waals surface area contributed by atoms with E-state index in [1.54, 1.807) is 0 Å². The highest BCUT2D eigenvalue weighted by molar-refractivity contribution is 7.99. The minimum absolute atomic E-state index is 0.0654. The lowest BCUT2D eigenvalue weighted by molar-refractivity contribution is -0.385. The molecule has 8 nitrogen and oxygen atoms in total. The van der Waals surface area contributed by atoms with Crippen LogP contribution in [0.2, 0.25) is 0 Å². The van der Waals surface area contributed by atoms with Gasteiger partial charge in [0, 0.05) is 24.9 Å². The summed E-state index contributed by atoms with van der Waals surface area (Å²) in [5, 5.41) is 14.7. The van der Waals surface area contributed by atoms with Crippen molar-refractivity contribution in [3.05, 3.63) is 44.9 Å². The van der Waals surface area contributed by atoms with Gasteiger partial charge in [0.25, 0.3) is 11.2 Å². The van der Waals surface area contributed by atoms with Crippen molar-refractivity contribution in [3.8, 4) is 0 Å². The van der Waals surface area contributed by atoms with Crippen LogP contribution in [0, 0.1) is 10.1 Å². The molecule has 2 heterocycles. The minimum Gasteiger partial charge on any atom is -0.370 e. The number of H-pyrrole nitrogens is 1. The quantitative estimate of drug-likeness (QED) is 0.477. The second kappa shape index (κ2) is 6.84. The number of nitro groups is 1. The highest BCUT2D eigenvalue weighted by Crippen LogP contribution is 2.27. The Morgan fingerprint density at radius 3 is 2.95 bits per heavy atom. The average molecular weight is 307 g/mol. The standard InChI is InChI=1S/C12H13N5O3S/c1-2-4-13-9-6-8(17(19)20)7-11(15-9)21-12-14-5-3-10(18)16-12/h3,5-7H,2,4H2,1H3,(H,13,15)(H,14,16,18). The summed E-state index contributed by atoms with van der Waals surface area (Å²) in [7, 11) is 0. The fraction of sp³-hybridized carbons (Fsp3) is 0.250. The Morgan fingerprint density at radius 1 is 1.48 bits per heavy atom. The van der Waals surface area contributed by atoms with E-state index in [2.05, 4.69) is 20.3 Å². The van der Waals surface area contributed by atoms with Crippen molar-refractivity contribution in [1.82, 2.24) is 15.0 Å². The first-order valence-electron chi connectivity index (χ1n) is 6.22. The van der Waals surface area contributed by atoms with Gasteiger partial charge in [-0.3, -0.25) is 14.9 Å². The molecule has 0 spiro atoms. The summed E-state index contributed by atoms with van der Waals surface area (Å²) in [6.07, 6.45) is 2.25. The van der Waals surface area contributed by atoms with E-state index in [0.29, 0.717) is 22.5 Å². The van der Waals surface area contributed by atoms with Crippen molar-refractivity contribution < 1.29 is 4.92 Å². The Kier molecular flexibility index (Phi) is 4.88. The number of nitrogens with one attached hydrogen (secondary N) is 2. The molecule has 2 N–H and O–H groups in total. The van der Waals surface area contributed by atoms with E-state index in [0.717, 1.165) is 18.2 Å². The van der Waals surface area contributed by atoms with Crippen LogP contribution in [0.15, 0.2) is 39.4 Å². The van der Waals surface area contributed by atoms with Crippen LogP contribution in [-0.4, -0.2) is 26.4 Å². The smallest absolute Gasteiger partial charge is 0.275 e. The zero-order valence-electron chi connectivity index (χ0n) is 11.2. The van der Waals surface area contributed by atoms with Gasteiger partial charge in [-0.05, 0) is 18.2 Å². The van der Waals surface area contributed by atoms with E-state index in [1.807, 2.05) is 6.92 Å². The number of rotatable bonds is 6. The lowest BCUT2D eigenvalue weighted by atomic mass is 10.4. The molecule has 21 heavy (non-hydrogen) atoms. The van der Waals surface area contributed by atoms with Crippen LogP contribution in [0.5, 0.6) is 0 Å². The third-order valence-electron chi connectivity index (χ3n) is 2.40. The number of hydrogen-bond donors (Lipinski definition) is 2. The van der Waals surface area contributed by atoms with Crippen LogP contribution >= 0.6 is 11.8 Å². The number of pyridine rings is 1. The van der Waals surface area contributed by atoms with Gasteiger partial charge in [-0.15, -0.1) is 0 Å². The monoisotopic (exact) mass is 307 g/mol. The Morgan fingerprint density at radius 2 is 2.29 bits per heavy atom. The van der Waals surface area contributed by atoms with Gasteiger partial charge in [0.15, 0.2) is 5.16 Å². The fourth-order valence-electron chi connectivity index (χ4n) is 1.50. The molecular formula is C12H13N5O3S. The first-order chi connectivity index (χ1) is 10.1. The first-order valence-corrected chi connectivity index (χ1v) is 7.03. The molecule has 0 saturated heterocycles. The van der Waals surface area contributed by atoms with Crippen molar-refractivity contribution in [3.63, 3.8) is 0 Å². The third-order valence-corrected chi connectivity index (χ3v) is 3.22. The predicted octanol–water partition coefficient (Wildman–Crippen LogP) is 2.05. The van der Waals surface area contributed by atoms with Crippen LogP contribution in [0.25, 0.3) is 0 Å². The first kappa shape index (κ1) is 15.0. The summed E-state index contributed by atoms with van der Waals surface area (Å²) in [6, 6.07) is 4.01. The lowest BCUT2D eigenvalue weighted by Gasteiger charge is -2.06. The molecule has 0 aliphatic rings. The Hall–Kier alpha value is -2.42. The van der Waals surface area contributed by atoms with Crippen molar-refractivity contribution >= 4 is 23.3 Å². The van der Waals surface area contributed by atoms with Gasteiger partial charge in [0.2, 0.25) is 0 Å². The largest absolute Gasteiger partial charge is 0.370 e. The number of aromatic nitrogens is 3. The summed E-state index contributed by atoms with van der Waals surface area (Å²) < 4.78 is 0. The van der Waals surface area contributed by atoms with Crippen molar-refractivity contribution in [2.24, 2.45) is 0 Å². The molecule has 2 aromatic rings. The maximum absolute atomic E-state index is 11.2. The maximum Gasteiger partial charge on any atom is 0.275 e. The normalized spacial score (nSPS) is 10.3. The highest BCUT2D eigenvalue weighted by Gasteiger charge is 2.12. The molecule has 2 aromatic heterocycles. The van der Waals surface area contributed by atoms with E-state index < -0.39 is 4.92 Å². The topological polar surface area (TPSA) is 114 Å². The lowest BCUT2D eigenvalue weighted by Crippen LogP contribution is -2.06. The van der Waals surface area contributed by atoms with Crippen LogP contribution in [0.3, 0.4) is 0 Å². The van der Waals surface area contributed by atoms with Gasteiger partial charge in [-0.2, -0.15) is 0 Å². The summed E-state index contributed by atoms with van der Waals surface area (Å²) in [5.74, 6) is 0.423. The molecule has 0 amide bonds. The molecule has 0 aromatic carbocycles. The van der Waals surface area contributed by atoms with Gasteiger partial charge in [0.1, 0.15) is 10.8 Å². The van der Waals surface area contributed by atoms with Crippen molar-refractivity contribution in [2.75, 3.05) is 11.9 Å². The minimum atomic E-state index is -0.482. The van der Waals surface area contributed by atoms with Gasteiger partial charge in [-0.1, -0.05) is 6.92 Å². The zero-order valence-corrected chi connectivity index (χ0v) is 12.0. The van der Waals surface area contributed by atoms with Gasteiger partial charge in [-0.25, -0.2) is 9.97 Å². The van der Waals surface area contributed by atoms with Crippen LogP contribution < -0.4 is 10.9 Å². The summed E-state index contributed by atoms with van der Waals surface area (Å²) in [6.45, 7) is 2.65. The van der Waals surface area contributed by atoms with Crippen molar-refractivity contribution in [1.29, 1.82) is 0 Å². The van der Waals surface area contributed by atoms with E-state index in [4.69, 9.17) is 0 Å². The summed E-state index contributed by atoms with van der Waals surface area (Å²) >= 11 is 1.06. The fourth-order valence-corrected chi connectivity index (χ4v) is 2.28. The van der Waals surface area contributed by atoms with Crippen molar-refractivity contribution in [2.45, 2.75) is 23.5 Å². The maximum atomic E-state index is 11.2. The molecule has 0 fully saturated rings. The summed E-state index contributed by atoms with van der Waals surface area (Å²) in [4.78, 5) is 32.5. The van der Waals surface area contributed by atoms with Gasteiger partial charge >= 0.3 is 0 Å². The third kappa shape index (κ3) is 4.28. The van der Waals surface area contributed by atoms with Crippen LogP contribution in [-0.2, 0) is 0 Å². The van der Waals surface area contributed by atoms with Crippen LogP contribution in [0.1, 0.15) is 13.3 Å². The number of hydrogen-bond acceptors (Lipinski definition) is 7. The number of anilines is 1. The molecule has 2 rings (SSSR count). The second-order valence-electron chi connectivity index (χ2n) is 4.07. The molecule has 0 unspecified atom stereocenters. The highest BCUT2D eigenvalue weighted by atomic mass is 32.2. The zero-order chi connectivity index (χ0) is 15.2. The molecule has 110 valence electrons. The van der Waals surface area contributed by atoms with E-state index in [1.165, 1.54) is 24.4 Å². The average Bonchev–Trinajstić information content (AvgIpc) is 2.45.